The lowest BCUT2D eigenvalue weighted by Gasteiger charge is -2.11. The number of anilines is 3. The molecule has 45 heavy (non-hydrogen) atoms. The average molecular weight is 745 g/mol. The highest BCUT2D eigenvalue weighted by atomic mass is 35.5. The first-order chi connectivity index (χ1) is 21.0. The van der Waals surface area contributed by atoms with Crippen molar-refractivity contribution in [3.05, 3.63) is 108 Å². The third-order valence-corrected chi connectivity index (χ3v) is 6.86. The topological polar surface area (TPSA) is 123 Å². The van der Waals surface area contributed by atoms with Crippen molar-refractivity contribution in [1.82, 2.24) is 5.32 Å². The molecule has 0 aliphatic heterocycles. The van der Waals surface area contributed by atoms with E-state index >= 15 is 0 Å². The molecule has 0 aliphatic carbocycles. The van der Waals surface area contributed by atoms with Crippen molar-refractivity contribution < 1.29 is 33.0 Å². The van der Waals surface area contributed by atoms with E-state index in [1.54, 1.807) is 0 Å². The molecular weight excluding hydrogens is 726 g/mol. The van der Waals surface area contributed by atoms with Gasteiger partial charge >= 0.3 is 18.2 Å². The maximum absolute atomic E-state index is 12.5. The second-order valence-corrected chi connectivity index (χ2v) is 11.4. The summed E-state index contributed by atoms with van der Waals surface area (Å²) in [5.74, 6) is -0.619. The Labute approximate surface area is 283 Å². The predicted molar refractivity (Wildman–Crippen MR) is 173 cm³/mol. The number of nitrogens with one attached hydrogen (secondary N) is 4. The molecule has 0 heterocycles. The first-order valence-electron chi connectivity index (χ1n) is 12.1. The van der Waals surface area contributed by atoms with Crippen LogP contribution in [-0.2, 0) is 12.7 Å². The fraction of sp³-hybridized carbons (Fsp3) is 0.0714. The van der Waals surface area contributed by atoms with E-state index in [4.69, 9.17) is 69.6 Å². The number of carbonyl (C=O) groups excluding carboxylic acids is 2. The van der Waals surface area contributed by atoms with Gasteiger partial charge in [0, 0.05) is 32.3 Å². The zero-order valence-corrected chi connectivity index (χ0v) is 26.7. The van der Waals surface area contributed by atoms with E-state index in [1.807, 2.05) is 0 Å². The van der Waals surface area contributed by atoms with Gasteiger partial charge in [0.05, 0.1) is 27.0 Å². The molecule has 4 aromatic carbocycles. The van der Waals surface area contributed by atoms with E-state index in [0.717, 1.165) is 12.1 Å². The molecule has 17 heteroatoms. The summed E-state index contributed by atoms with van der Waals surface area (Å²) in [5.41, 5.74) is 0.203. The van der Waals surface area contributed by atoms with Gasteiger partial charge in [-0.1, -0.05) is 81.7 Å². The van der Waals surface area contributed by atoms with Gasteiger partial charge in [-0.15, -0.1) is 0 Å². The second-order valence-electron chi connectivity index (χ2n) is 8.81. The van der Waals surface area contributed by atoms with Crippen LogP contribution in [0.4, 0.5) is 39.8 Å². The number of hydrogen-bond donors (Lipinski definition) is 6. The van der Waals surface area contributed by atoms with Crippen molar-refractivity contribution in [2.75, 3.05) is 16.0 Å². The lowest BCUT2D eigenvalue weighted by atomic mass is 10.1. The second kappa shape index (κ2) is 15.7. The Bertz CT molecular complexity index is 1690. The fourth-order valence-electron chi connectivity index (χ4n) is 3.39. The van der Waals surface area contributed by atoms with E-state index < -0.39 is 23.8 Å². The van der Waals surface area contributed by atoms with Crippen LogP contribution in [0.15, 0.2) is 66.7 Å². The summed E-state index contributed by atoms with van der Waals surface area (Å²) in [6, 6.07) is 13.0. The molecule has 6 N–H and O–H groups in total. The van der Waals surface area contributed by atoms with Gasteiger partial charge < -0.3 is 31.5 Å². The van der Waals surface area contributed by atoms with Crippen LogP contribution in [0.1, 0.15) is 11.1 Å². The first kappa shape index (κ1) is 36.0. The molecule has 0 spiro atoms. The van der Waals surface area contributed by atoms with Crippen LogP contribution in [0.3, 0.4) is 0 Å². The summed E-state index contributed by atoms with van der Waals surface area (Å²) in [4.78, 5) is 23.7. The van der Waals surface area contributed by atoms with Gasteiger partial charge in [-0.2, -0.15) is 13.2 Å². The number of rotatable bonds is 5. The van der Waals surface area contributed by atoms with Gasteiger partial charge in [0.15, 0.2) is 11.5 Å². The standard InChI is InChI=1S/C15H11Cl2F3N2O2.C13H8Cl4N2O2/c16-10-5-11(17)13(23)12(6-10)22-14(24)21-7-8-1-3-9(4-2-8)15(18,19)20;14-6-1-7(15)3-9(2-6)18-13(21)19-11-5-8(16)4-10(17)12(11)20/h1-6,23H,7H2,(H2,21,22,24);1-5,20H,(H2,18,19,21). The Kier molecular flexibility index (Phi) is 12.6. The monoisotopic (exact) mass is 742 g/mol. The van der Waals surface area contributed by atoms with Gasteiger partial charge in [-0.05, 0) is 60.2 Å². The SMILES string of the molecule is O=C(NCc1ccc(C(F)(F)F)cc1)Nc1cc(Cl)cc(Cl)c1O.O=C(Nc1cc(Cl)cc(Cl)c1)Nc1cc(Cl)cc(Cl)c1O. The van der Waals surface area contributed by atoms with Gasteiger partial charge in [0.25, 0.3) is 0 Å². The number of halogens is 9. The zero-order chi connectivity index (χ0) is 33.5. The molecule has 8 nitrogen and oxygen atoms in total. The molecule has 0 aliphatic rings. The molecule has 0 radical (unpaired) electrons. The van der Waals surface area contributed by atoms with E-state index in [1.165, 1.54) is 54.6 Å². The molecule has 0 fully saturated rings. The van der Waals surface area contributed by atoms with Crippen molar-refractivity contribution in [3.63, 3.8) is 0 Å². The Morgan fingerprint density at radius 2 is 1.07 bits per heavy atom. The van der Waals surface area contributed by atoms with Gasteiger partial charge in [-0.25, -0.2) is 9.59 Å². The number of hydrogen-bond acceptors (Lipinski definition) is 4. The van der Waals surface area contributed by atoms with E-state index in [0.29, 0.717) is 21.3 Å². The number of urea groups is 2. The zero-order valence-electron chi connectivity index (χ0n) is 22.2. The van der Waals surface area contributed by atoms with Gasteiger partial charge in [-0.3, -0.25) is 0 Å². The number of alkyl halides is 3. The van der Waals surface area contributed by atoms with Crippen molar-refractivity contribution in [3.8, 4) is 11.5 Å². The molecule has 0 bridgehead atoms. The molecule has 4 rings (SSSR count). The summed E-state index contributed by atoms with van der Waals surface area (Å²) in [6.07, 6.45) is -4.41. The van der Waals surface area contributed by atoms with Crippen LogP contribution in [0.5, 0.6) is 11.5 Å². The minimum atomic E-state index is -4.41. The predicted octanol–water partition coefficient (Wildman–Crippen LogP) is 10.7. The number of phenolic OH excluding ortho intramolecular Hbond substituents is 2. The van der Waals surface area contributed by atoms with Crippen LogP contribution in [0.2, 0.25) is 30.1 Å². The highest BCUT2D eigenvalue weighted by Gasteiger charge is 2.29. The molecule has 0 saturated carbocycles. The number of phenols is 2. The van der Waals surface area contributed by atoms with Crippen molar-refractivity contribution in [2.45, 2.75) is 12.7 Å². The van der Waals surface area contributed by atoms with E-state index in [2.05, 4.69) is 21.3 Å². The molecule has 238 valence electrons. The third kappa shape index (κ3) is 11.1. The Balaban J connectivity index is 0.000000248. The van der Waals surface area contributed by atoms with Crippen LogP contribution < -0.4 is 21.3 Å². The first-order valence-corrected chi connectivity index (χ1v) is 14.4. The Hall–Kier alpha value is -3.45. The maximum Gasteiger partial charge on any atom is 0.416 e. The van der Waals surface area contributed by atoms with E-state index in [9.17, 15) is 33.0 Å². The minimum Gasteiger partial charge on any atom is -0.504 e. The van der Waals surface area contributed by atoms with Gasteiger partial charge in [0.2, 0.25) is 0 Å². The van der Waals surface area contributed by atoms with Crippen LogP contribution in [-0.4, -0.2) is 22.3 Å². The lowest BCUT2D eigenvalue weighted by Crippen LogP contribution is -2.28. The van der Waals surface area contributed by atoms with E-state index in [-0.39, 0.29) is 49.5 Å². The Morgan fingerprint density at radius 1 is 0.622 bits per heavy atom. The van der Waals surface area contributed by atoms with Crippen LogP contribution >= 0.6 is 69.6 Å². The summed E-state index contributed by atoms with van der Waals surface area (Å²) in [5, 5.41) is 30.5. The fourth-order valence-corrected chi connectivity index (χ4v) is 4.91. The molecule has 0 aromatic heterocycles. The minimum absolute atomic E-state index is 0.000962. The van der Waals surface area contributed by atoms with Crippen molar-refractivity contribution in [2.24, 2.45) is 0 Å². The summed E-state index contributed by atoms with van der Waals surface area (Å²) in [6.45, 7) is -0.000962. The summed E-state index contributed by atoms with van der Waals surface area (Å²) >= 11 is 34.7. The van der Waals surface area contributed by atoms with Gasteiger partial charge in [0.1, 0.15) is 0 Å². The van der Waals surface area contributed by atoms with Crippen LogP contribution in [0.25, 0.3) is 0 Å². The summed E-state index contributed by atoms with van der Waals surface area (Å²) < 4.78 is 37.4. The Morgan fingerprint density at radius 3 is 1.53 bits per heavy atom. The number of benzene rings is 4. The lowest BCUT2D eigenvalue weighted by molar-refractivity contribution is -0.137. The molecular formula is C28H19Cl6F3N4O4. The molecule has 4 aromatic rings. The third-order valence-electron chi connectivity index (χ3n) is 5.41. The highest BCUT2D eigenvalue weighted by molar-refractivity contribution is 6.37. The number of amides is 4. The molecule has 4 amide bonds. The van der Waals surface area contributed by atoms with Crippen molar-refractivity contribution >= 4 is 98.7 Å². The number of aromatic hydroxyl groups is 2. The summed E-state index contributed by atoms with van der Waals surface area (Å²) in [7, 11) is 0. The highest BCUT2D eigenvalue weighted by Crippen LogP contribution is 2.36. The van der Waals surface area contributed by atoms with Crippen LogP contribution in [0, 0.1) is 0 Å². The van der Waals surface area contributed by atoms with Crippen molar-refractivity contribution in [1.29, 1.82) is 0 Å². The smallest absolute Gasteiger partial charge is 0.416 e. The molecule has 0 unspecified atom stereocenters. The maximum atomic E-state index is 12.5. The molecule has 0 atom stereocenters. The largest absolute Gasteiger partial charge is 0.504 e. The quantitative estimate of drug-likeness (QED) is 0.114. The average Bonchev–Trinajstić information content (AvgIpc) is 2.92. The molecule has 0 saturated heterocycles. The normalized spacial score (nSPS) is 10.8. The number of carbonyl (C=O) groups is 2.